The molecule has 11 heavy (non-hydrogen) atoms. The first kappa shape index (κ1) is 9.08. The minimum atomic E-state index is 0.606. The Labute approximate surface area is 77.2 Å². The summed E-state index contributed by atoms with van der Waals surface area (Å²) in [7, 11) is 0. The summed E-state index contributed by atoms with van der Waals surface area (Å²) < 4.78 is 0. The maximum absolute atomic E-state index is 5.73. The largest absolute Gasteiger partial charge is 0.149 e. The molecule has 1 aromatic rings. The van der Waals surface area contributed by atoms with E-state index in [1.165, 1.54) is 10.4 Å². The van der Waals surface area contributed by atoms with Crippen LogP contribution in [-0.4, -0.2) is 5.88 Å². The molecule has 0 radical (unpaired) electrons. The van der Waals surface area contributed by atoms with Crippen LogP contribution >= 0.6 is 22.9 Å². The molecule has 0 aliphatic carbocycles. The normalized spacial score (nSPS) is 13.4. The quantitative estimate of drug-likeness (QED) is 0.638. The molecule has 1 aromatic heterocycles. The average molecular weight is 189 g/mol. The third-order valence-corrected chi connectivity index (χ3v) is 3.34. The molecule has 2 heteroatoms. The Balaban J connectivity index is 2.56. The van der Waals surface area contributed by atoms with Crippen LogP contribution < -0.4 is 0 Å². The lowest BCUT2D eigenvalue weighted by molar-refractivity contribution is 0.660. The van der Waals surface area contributed by atoms with E-state index in [-0.39, 0.29) is 0 Å². The number of thiophene rings is 1. The van der Waals surface area contributed by atoms with Crippen LogP contribution in [0.1, 0.15) is 17.4 Å². The van der Waals surface area contributed by atoms with Crippen molar-refractivity contribution >= 4 is 22.9 Å². The minimum absolute atomic E-state index is 0.606. The summed E-state index contributed by atoms with van der Waals surface area (Å²) in [4.78, 5) is 1.48. The maximum Gasteiger partial charge on any atom is 0.0252 e. The standard InChI is InChI=1S/C9H13ClS/c1-7(6-10)5-9-8(2)3-4-11-9/h3-4,7H,5-6H2,1-2H3. The lowest BCUT2D eigenvalue weighted by atomic mass is 10.1. The number of halogens is 1. The van der Waals surface area contributed by atoms with Crippen LogP contribution in [-0.2, 0) is 6.42 Å². The van der Waals surface area contributed by atoms with E-state index in [1.54, 1.807) is 0 Å². The predicted molar refractivity (Wildman–Crippen MR) is 52.6 cm³/mol. The zero-order chi connectivity index (χ0) is 8.27. The fraction of sp³-hybridized carbons (Fsp3) is 0.556. The molecule has 1 unspecified atom stereocenters. The lowest BCUT2D eigenvalue weighted by Gasteiger charge is -2.05. The lowest BCUT2D eigenvalue weighted by Crippen LogP contribution is -1.99. The molecule has 0 aliphatic heterocycles. The van der Waals surface area contributed by atoms with E-state index >= 15 is 0 Å². The molecule has 0 bridgehead atoms. The van der Waals surface area contributed by atoms with Gasteiger partial charge in [-0.15, -0.1) is 22.9 Å². The van der Waals surface area contributed by atoms with Gasteiger partial charge < -0.3 is 0 Å². The third kappa shape index (κ3) is 2.49. The highest BCUT2D eigenvalue weighted by Crippen LogP contribution is 2.19. The van der Waals surface area contributed by atoms with Gasteiger partial charge in [0.15, 0.2) is 0 Å². The van der Waals surface area contributed by atoms with Crippen molar-refractivity contribution in [3.63, 3.8) is 0 Å². The van der Waals surface area contributed by atoms with Crippen LogP contribution in [0, 0.1) is 12.8 Å². The molecule has 0 nitrogen and oxygen atoms in total. The summed E-state index contributed by atoms with van der Waals surface area (Å²) >= 11 is 7.56. The van der Waals surface area contributed by atoms with Crippen LogP contribution in [0.15, 0.2) is 11.4 Å². The summed E-state index contributed by atoms with van der Waals surface area (Å²) in [5.41, 5.74) is 1.41. The van der Waals surface area contributed by atoms with Crippen molar-refractivity contribution in [1.82, 2.24) is 0 Å². The van der Waals surface area contributed by atoms with Crippen molar-refractivity contribution in [2.45, 2.75) is 20.3 Å². The van der Waals surface area contributed by atoms with Gasteiger partial charge in [0.05, 0.1) is 0 Å². The summed E-state index contributed by atoms with van der Waals surface area (Å²) in [6.45, 7) is 4.35. The van der Waals surface area contributed by atoms with Gasteiger partial charge in [-0.1, -0.05) is 6.92 Å². The second kappa shape index (κ2) is 4.13. The second-order valence-electron chi connectivity index (χ2n) is 2.99. The van der Waals surface area contributed by atoms with Crippen LogP contribution in [0.2, 0.25) is 0 Å². The van der Waals surface area contributed by atoms with Gasteiger partial charge in [0.1, 0.15) is 0 Å². The van der Waals surface area contributed by atoms with Crippen molar-refractivity contribution in [1.29, 1.82) is 0 Å². The van der Waals surface area contributed by atoms with Crippen LogP contribution in [0.4, 0.5) is 0 Å². The van der Waals surface area contributed by atoms with E-state index in [4.69, 9.17) is 11.6 Å². The number of alkyl halides is 1. The molecule has 1 atom stereocenters. The molecule has 0 fully saturated rings. The van der Waals surface area contributed by atoms with Crippen molar-refractivity contribution < 1.29 is 0 Å². The number of hydrogen-bond donors (Lipinski definition) is 0. The van der Waals surface area contributed by atoms with Gasteiger partial charge in [-0.3, -0.25) is 0 Å². The van der Waals surface area contributed by atoms with Gasteiger partial charge in [0, 0.05) is 10.8 Å². The summed E-state index contributed by atoms with van der Waals surface area (Å²) in [5, 5.41) is 2.14. The number of rotatable bonds is 3. The molecule has 0 aliphatic rings. The molecule has 0 amide bonds. The molecular formula is C9H13ClS. The van der Waals surface area contributed by atoms with E-state index in [2.05, 4.69) is 25.3 Å². The highest BCUT2D eigenvalue weighted by Gasteiger charge is 2.04. The van der Waals surface area contributed by atoms with Crippen LogP contribution in [0.5, 0.6) is 0 Å². The predicted octanol–water partition coefficient (Wildman–Crippen LogP) is 3.47. The molecule has 62 valence electrons. The van der Waals surface area contributed by atoms with E-state index in [9.17, 15) is 0 Å². The second-order valence-corrected chi connectivity index (χ2v) is 4.30. The Kier molecular flexibility index (Phi) is 3.41. The Morgan fingerprint density at radius 1 is 1.64 bits per heavy atom. The molecule has 1 heterocycles. The Morgan fingerprint density at radius 2 is 2.36 bits per heavy atom. The van der Waals surface area contributed by atoms with Gasteiger partial charge in [0.25, 0.3) is 0 Å². The molecule has 1 rings (SSSR count). The first-order valence-electron chi connectivity index (χ1n) is 3.83. The first-order valence-corrected chi connectivity index (χ1v) is 5.24. The van der Waals surface area contributed by atoms with Gasteiger partial charge in [-0.25, -0.2) is 0 Å². The van der Waals surface area contributed by atoms with E-state index in [0.29, 0.717) is 5.92 Å². The van der Waals surface area contributed by atoms with E-state index < -0.39 is 0 Å². The van der Waals surface area contributed by atoms with Crippen molar-refractivity contribution in [3.05, 3.63) is 21.9 Å². The zero-order valence-corrected chi connectivity index (χ0v) is 8.50. The maximum atomic E-state index is 5.73. The summed E-state index contributed by atoms with van der Waals surface area (Å²) in [5.74, 6) is 1.37. The molecule has 0 saturated carbocycles. The van der Waals surface area contributed by atoms with Gasteiger partial charge in [-0.2, -0.15) is 0 Å². The van der Waals surface area contributed by atoms with Gasteiger partial charge in [0.2, 0.25) is 0 Å². The molecule has 0 spiro atoms. The van der Waals surface area contributed by atoms with Crippen molar-refractivity contribution in [2.75, 3.05) is 5.88 Å². The zero-order valence-electron chi connectivity index (χ0n) is 6.93. The van der Waals surface area contributed by atoms with Gasteiger partial charge >= 0.3 is 0 Å². The number of aryl methyl sites for hydroxylation is 1. The molecular weight excluding hydrogens is 176 g/mol. The third-order valence-electron chi connectivity index (χ3n) is 1.77. The summed E-state index contributed by atoms with van der Waals surface area (Å²) in [6.07, 6.45) is 1.13. The minimum Gasteiger partial charge on any atom is -0.149 e. The highest BCUT2D eigenvalue weighted by atomic mass is 35.5. The fourth-order valence-corrected chi connectivity index (χ4v) is 2.16. The Bertz CT molecular complexity index is 217. The van der Waals surface area contributed by atoms with Gasteiger partial charge in [-0.05, 0) is 36.3 Å². The SMILES string of the molecule is Cc1ccsc1CC(C)CCl. The average Bonchev–Trinajstić information content (AvgIpc) is 2.37. The Hall–Kier alpha value is -0.0100. The molecule has 0 aromatic carbocycles. The van der Waals surface area contributed by atoms with Crippen LogP contribution in [0.25, 0.3) is 0 Å². The van der Waals surface area contributed by atoms with Crippen LogP contribution in [0.3, 0.4) is 0 Å². The first-order chi connectivity index (χ1) is 5.24. The monoisotopic (exact) mass is 188 g/mol. The summed E-state index contributed by atoms with van der Waals surface area (Å²) in [6, 6.07) is 2.17. The van der Waals surface area contributed by atoms with Crippen molar-refractivity contribution in [3.8, 4) is 0 Å². The highest BCUT2D eigenvalue weighted by molar-refractivity contribution is 7.10. The Morgan fingerprint density at radius 3 is 2.82 bits per heavy atom. The fourth-order valence-electron chi connectivity index (χ4n) is 0.984. The van der Waals surface area contributed by atoms with E-state index in [0.717, 1.165) is 12.3 Å². The number of hydrogen-bond acceptors (Lipinski definition) is 1. The topological polar surface area (TPSA) is 0 Å². The van der Waals surface area contributed by atoms with E-state index in [1.807, 2.05) is 11.3 Å². The smallest absolute Gasteiger partial charge is 0.0252 e. The molecule has 0 N–H and O–H groups in total. The van der Waals surface area contributed by atoms with Crippen molar-refractivity contribution in [2.24, 2.45) is 5.92 Å². The molecule has 0 saturated heterocycles.